The molecule has 1 amide bonds. The van der Waals surface area contributed by atoms with E-state index in [-0.39, 0.29) is 5.91 Å². The SMILES string of the molecule is CCc1cnc2c(C)cc(OC(SC)C(=O)NC3CCC3)cc2c1. The second-order valence-electron chi connectivity index (χ2n) is 6.33. The molecule has 4 nitrogen and oxygen atoms in total. The number of amides is 1. The fourth-order valence-corrected chi connectivity index (χ4v) is 3.35. The number of aromatic nitrogens is 1. The van der Waals surface area contributed by atoms with Crippen molar-refractivity contribution in [1.82, 2.24) is 10.3 Å². The molecule has 0 radical (unpaired) electrons. The van der Waals surface area contributed by atoms with Crippen LogP contribution in [0.4, 0.5) is 0 Å². The molecule has 1 N–H and O–H groups in total. The van der Waals surface area contributed by atoms with E-state index in [1.807, 2.05) is 31.5 Å². The number of nitrogens with one attached hydrogen (secondary N) is 1. The van der Waals surface area contributed by atoms with E-state index in [4.69, 9.17) is 4.74 Å². The Morgan fingerprint density at radius 3 is 2.83 bits per heavy atom. The quantitative estimate of drug-likeness (QED) is 0.809. The van der Waals surface area contributed by atoms with E-state index in [0.29, 0.717) is 6.04 Å². The summed E-state index contributed by atoms with van der Waals surface area (Å²) in [6, 6.07) is 6.41. The van der Waals surface area contributed by atoms with Crippen LogP contribution in [0.25, 0.3) is 10.9 Å². The standard InChI is InChI=1S/C19H24N2O2S/c1-4-13-9-14-10-16(8-12(2)17(14)20-11-13)23-19(24-3)18(22)21-15-6-5-7-15/h8-11,15,19H,4-7H2,1-3H3,(H,21,22). The maximum absolute atomic E-state index is 12.4. The number of benzene rings is 1. The lowest BCUT2D eigenvalue weighted by Gasteiger charge is -2.28. The first-order valence-electron chi connectivity index (χ1n) is 8.49. The first-order valence-corrected chi connectivity index (χ1v) is 9.78. The summed E-state index contributed by atoms with van der Waals surface area (Å²) < 4.78 is 5.98. The average Bonchev–Trinajstić information content (AvgIpc) is 2.55. The molecule has 1 heterocycles. The maximum Gasteiger partial charge on any atom is 0.271 e. The molecule has 1 saturated carbocycles. The molecule has 0 aliphatic heterocycles. The van der Waals surface area contributed by atoms with E-state index in [9.17, 15) is 4.79 Å². The molecule has 1 aliphatic carbocycles. The summed E-state index contributed by atoms with van der Waals surface area (Å²) in [6.45, 7) is 4.14. The van der Waals surface area contributed by atoms with Crippen LogP contribution in [-0.4, -0.2) is 28.6 Å². The number of rotatable bonds is 6. The lowest BCUT2D eigenvalue weighted by Crippen LogP contribution is -2.45. The predicted octanol–water partition coefficient (Wildman–Crippen LogP) is 3.84. The highest BCUT2D eigenvalue weighted by molar-refractivity contribution is 7.99. The number of hydrogen-bond donors (Lipinski definition) is 1. The normalized spacial score (nSPS) is 15.8. The molecule has 128 valence electrons. The van der Waals surface area contributed by atoms with Gasteiger partial charge in [-0.15, -0.1) is 11.8 Å². The van der Waals surface area contributed by atoms with E-state index in [2.05, 4.69) is 23.3 Å². The summed E-state index contributed by atoms with van der Waals surface area (Å²) in [5.41, 5.74) is 2.72. The van der Waals surface area contributed by atoms with Gasteiger partial charge < -0.3 is 10.1 Å². The molecule has 1 unspecified atom stereocenters. The van der Waals surface area contributed by atoms with Gasteiger partial charge in [-0.3, -0.25) is 9.78 Å². The molecule has 24 heavy (non-hydrogen) atoms. The van der Waals surface area contributed by atoms with Crippen molar-refractivity contribution >= 4 is 28.6 Å². The Bertz CT molecular complexity index is 743. The Kier molecular flexibility index (Phi) is 5.29. The Hall–Kier alpha value is -1.75. The Morgan fingerprint density at radius 2 is 2.21 bits per heavy atom. The van der Waals surface area contributed by atoms with Crippen LogP contribution in [0, 0.1) is 6.92 Å². The van der Waals surface area contributed by atoms with Crippen LogP contribution in [0.1, 0.15) is 37.3 Å². The minimum atomic E-state index is -0.523. The van der Waals surface area contributed by atoms with Crippen molar-refractivity contribution in [2.45, 2.75) is 51.0 Å². The van der Waals surface area contributed by atoms with E-state index < -0.39 is 5.44 Å². The molecule has 0 spiro atoms. The zero-order chi connectivity index (χ0) is 17.1. The van der Waals surface area contributed by atoms with Crippen molar-refractivity contribution < 1.29 is 9.53 Å². The number of aryl methyl sites for hydroxylation is 2. The van der Waals surface area contributed by atoms with Crippen molar-refractivity contribution in [3.63, 3.8) is 0 Å². The Balaban J connectivity index is 1.80. The average molecular weight is 344 g/mol. The van der Waals surface area contributed by atoms with E-state index in [0.717, 1.165) is 41.5 Å². The van der Waals surface area contributed by atoms with Crippen LogP contribution >= 0.6 is 11.8 Å². The molecule has 1 aliphatic rings. The topological polar surface area (TPSA) is 51.2 Å². The first kappa shape index (κ1) is 17.1. The summed E-state index contributed by atoms with van der Waals surface area (Å²) in [6.07, 6.45) is 8.12. The van der Waals surface area contributed by atoms with Gasteiger partial charge in [-0.1, -0.05) is 6.92 Å². The fraction of sp³-hybridized carbons (Fsp3) is 0.474. The fourth-order valence-electron chi connectivity index (χ4n) is 2.86. The highest BCUT2D eigenvalue weighted by Crippen LogP contribution is 2.27. The zero-order valence-corrected chi connectivity index (χ0v) is 15.3. The van der Waals surface area contributed by atoms with Crippen molar-refractivity contribution in [3.8, 4) is 5.75 Å². The first-order chi connectivity index (χ1) is 11.6. The van der Waals surface area contributed by atoms with Crippen molar-refractivity contribution in [3.05, 3.63) is 35.5 Å². The van der Waals surface area contributed by atoms with Crippen LogP contribution in [0.15, 0.2) is 24.4 Å². The highest BCUT2D eigenvalue weighted by atomic mass is 32.2. The Morgan fingerprint density at radius 1 is 1.42 bits per heavy atom. The molecular weight excluding hydrogens is 320 g/mol. The number of ether oxygens (including phenoxy) is 1. The lowest BCUT2D eigenvalue weighted by molar-refractivity contribution is -0.125. The van der Waals surface area contributed by atoms with Gasteiger partial charge in [-0.05, 0) is 68.2 Å². The molecule has 0 bridgehead atoms. The lowest BCUT2D eigenvalue weighted by atomic mass is 9.93. The van der Waals surface area contributed by atoms with Crippen molar-refractivity contribution in [2.24, 2.45) is 0 Å². The largest absolute Gasteiger partial charge is 0.470 e. The highest BCUT2D eigenvalue weighted by Gasteiger charge is 2.25. The number of hydrogen-bond acceptors (Lipinski definition) is 4. The van der Waals surface area contributed by atoms with Crippen LogP contribution in [0.3, 0.4) is 0 Å². The van der Waals surface area contributed by atoms with Crippen LogP contribution in [-0.2, 0) is 11.2 Å². The summed E-state index contributed by atoms with van der Waals surface area (Å²) in [5, 5.41) is 4.12. The van der Waals surface area contributed by atoms with E-state index in [1.54, 1.807) is 0 Å². The maximum atomic E-state index is 12.4. The smallest absolute Gasteiger partial charge is 0.271 e. The second kappa shape index (κ2) is 7.43. The summed E-state index contributed by atoms with van der Waals surface area (Å²) >= 11 is 1.42. The van der Waals surface area contributed by atoms with Gasteiger partial charge in [0, 0.05) is 17.6 Å². The summed E-state index contributed by atoms with van der Waals surface area (Å²) in [7, 11) is 0. The summed E-state index contributed by atoms with van der Waals surface area (Å²) in [5.74, 6) is 0.684. The van der Waals surface area contributed by atoms with Crippen LogP contribution in [0.5, 0.6) is 5.75 Å². The third-order valence-corrected chi connectivity index (χ3v) is 5.27. The second-order valence-corrected chi connectivity index (χ2v) is 7.23. The molecule has 1 atom stereocenters. The van der Waals surface area contributed by atoms with Gasteiger partial charge >= 0.3 is 0 Å². The van der Waals surface area contributed by atoms with Crippen molar-refractivity contribution in [1.29, 1.82) is 0 Å². The molecule has 0 saturated heterocycles. The third-order valence-electron chi connectivity index (χ3n) is 4.53. The van der Waals surface area contributed by atoms with Crippen LogP contribution in [0.2, 0.25) is 0 Å². The number of carbonyl (C=O) groups excluding carboxylic acids is 1. The molecule has 1 fully saturated rings. The van der Waals surface area contributed by atoms with E-state index >= 15 is 0 Å². The predicted molar refractivity (Wildman–Crippen MR) is 99.6 cm³/mol. The van der Waals surface area contributed by atoms with Crippen molar-refractivity contribution in [2.75, 3.05) is 6.26 Å². The van der Waals surface area contributed by atoms with Gasteiger partial charge in [0.1, 0.15) is 5.75 Å². The number of nitrogens with zero attached hydrogens (tertiary/aromatic N) is 1. The van der Waals surface area contributed by atoms with Gasteiger partial charge in [-0.2, -0.15) is 0 Å². The van der Waals surface area contributed by atoms with Gasteiger partial charge in [-0.25, -0.2) is 0 Å². The minimum absolute atomic E-state index is 0.0367. The summed E-state index contributed by atoms with van der Waals surface area (Å²) in [4.78, 5) is 16.9. The number of thioether (sulfide) groups is 1. The van der Waals surface area contributed by atoms with E-state index in [1.165, 1.54) is 23.7 Å². The number of pyridine rings is 1. The molecule has 2 aromatic rings. The molecule has 1 aromatic heterocycles. The number of fused-ring (bicyclic) bond motifs is 1. The third kappa shape index (κ3) is 3.66. The monoisotopic (exact) mass is 344 g/mol. The van der Waals surface area contributed by atoms with Gasteiger partial charge in [0.05, 0.1) is 5.52 Å². The molecule has 5 heteroatoms. The molecular formula is C19H24N2O2S. The Labute approximate surface area is 147 Å². The molecule has 3 rings (SSSR count). The van der Waals surface area contributed by atoms with Crippen LogP contribution < -0.4 is 10.1 Å². The van der Waals surface area contributed by atoms with Gasteiger partial charge in [0.2, 0.25) is 5.44 Å². The van der Waals surface area contributed by atoms with Gasteiger partial charge in [0.15, 0.2) is 0 Å². The minimum Gasteiger partial charge on any atom is -0.470 e. The van der Waals surface area contributed by atoms with Gasteiger partial charge in [0.25, 0.3) is 5.91 Å². The molecule has 1 aromatic carbocycles. The number of carbonyl (C=O) groups is 1. The zero-order valence-electron chi connectivity index (χ0n) is 14.5.